The number of methoxy groups -OCH3 is 3. The Hall–Kier alpha value is -3.38. The standard InChI is InChI=1S/C29H40N2O9/c1-15-9-8-10-22(37-5)27(40-29(30)36)18(4)11-17(3)26(39-7)23(38-6)12-16(2)24(33)20-13-19(32)14-21(25(20)34)31-28(15)35/h8-11,13-14,16-17,22-24,26-27,33H,12H2,1-7H3,(H2,30,36)(H,31,35)/b10-8-,15-9+,18-11+/t16-,17-,22-,23-,24+,26+,27-/m0/s1. The second kappa shape index (κ2) is 14.8. The van der Waals surface area contributed by atoms with Crippen LogP contribution in [0.4, 0.5) is 4.79 Å². The highest BCUT2D eigenvalue weighted by molar-refractivity contribution is 6.22. The van der Waals surface area contributed by atoms with E-state index in [1.54, 1.807) is 26.0 Å². The van der Waals surface area contributed by atoms with Gasteiger partial charge in [0.15, 0.2) is 11.9 Å². The number of hydrogen-bond acceptors (Lipinski definition) is 9. The Morgan fingerprint density at radius 3 is 2.30 bits per heavy atom. The highest BCUT2D eigenvalue weighted by Gasteiger charge is 2.35. The maximum Gasteiger partial charge on any atom is 0.405 e. The van der Waals surface area contributed by atoms with E-state index in [2.05, 4.69) is 5.32 Å². The molecule has 0 radical (unpaired) electrons. The summed E-state index contributed by atoms with van der Waals surface area (Å²) in [5.74, 6) is -2.60. The second-order valence-corrected chi connectivity index (χ2v) is 10.0. The minimum absolute atomic E-state index is 0.114. The third-order valence-corrected chi connectivity index (χ3v) is 7.05. The number of fused-ring (bicyclic) bond motifs is 2. The van der Waals surface area contributed by atoms with Crippen LogP contribution in [0, 0.1) is 11.8 Å². The third-order valence-electron chi connectivity index (χ3n) is 7.05. The van der Waals surface area contributed by atoms with Gasteiger partial charge < -0.3 is 35.1 Å². The van der Waals surface area contributed by atoms with Gasteiger partial charge in [-0.15, -0.1) is 0 Å². The molecule has 0 aromatic heterocycles. The monoisotopic (exact) mass is 560 g/mol. The zero-order valence-corrected chi connectivity index (χ0v) is 24.0. The van der Waals surface area contributed by atoms with Crippen LogP contribution < -0.4 is 11.1 Å². The Morgan fingerprint density at radius 1 is 1.05 bits per heavy atom. The third kappa shape index (κ3) is 8.31. The maximum atomic E-state index is 13.2. The summed E-state index contributed by atoms with van der Waals surface area (Å²) >= 11 is 0. The molecule has 1 aliphatic carbocycles. The first-order valence-corrected chi connectivity index (χ1v) is 12.9. The molecule has 11 heteroatoms. The SMILES string of the molecule is CO[C@H]1[C@@H](OC)C[C@H](C)[C@@H](O)C2=CC(=O)C=C(NC(=O)/C(C)=C/C=C\[C@H](OC)[C@@H](OC(N)=O)/C(C)=C/[C@@H]1C)C2=O. The van der Waals surface area contributed by atoms with Gasteiger partial charge in [-0.05, 0) is 37.8 Å². The number of Topliss-reactive ketones (excluding diaryl/α,β-unsaturated/α-hetero) is 1. The van der Waals surface area contributed by atoms with Gasteiger partial charge in [-0.25, -0.2) is 4.79 Å². The summed E-state index contributed by atoms with van der Waals surface area (Å²) in [7, 11) is 4.49. The number of hydrogen-bond donors (Lipinski definition) is 3. The fourth-order valence-electron chi connectivity index (χ4n) is 4.87. The van der Waals surface area contributed by atoms with Crippen molar-refractivity contribution in [3.63, 3.8) is 0 Å². The fraction of sp³-hybridized carbons (Fsp3) is 0.517. The molecule has 2 amide bonds. The molecule has 0 fully saturated rings. The van der Waals surface area contributed by atoms with Gasteiger partial charge in [-0.3, -0.25) is 14.4 Å². The number of carbonyl (C=O) groups is 4. The Bertz CT molecular complexity index is 1130. The normalized spacial score (nSPS) is 34.4. The number of amides is 2. The van der Waals surface area contributed by atoms with Gasteiger partial charge in [-0.2, -0.15) is 0 Å². The molecule has 0 saturated heterocycles. The molecule has 220 valence electrons. The van der Waals surface area contributed by atoms with Crippen molar-refractivity contribution in [1.82, 2.24) is 5.32 Å². The van der Waals surface area contributed by atoms with E-state index in [1.165, 1.54) is 34.3 Å². The Balaban J connectivity index is 2.62. The lowest BCUT2D eigenvalue weighted by Gasteiger charge is -2.33. The summed E-state index contributed by atoms with van der Waals surface area (Å²) in [5, 5.41) is 13.6. The van der Waals surface area contributed by atoms with Crippen LogP contribution in [0.25, 0.3) is 0 Å². The molecule has 7 atom stereocenters. The average molecular weight is 561 g/mol. The molecule has 0 aromatic carbocycles. The minimum atomic E-state index is -1.31. The smallest absolute Gasteiger partial charge is 0.405 e. The van der Waals surface area contributed by atoms with Gasteiger partial charge in [-0.1, -0.05) is 38.2 Å². The van der Waals surface area contributed by atoms with E-state index in [1.807, 2.05) is 13.0 Å². The highest BCUT2D eigenvalue weighted by Crippen LogP contribution is 2.28. The number of aliphatic hydroxyl groups is 1. The highest BCUT2D eigenvalue weighted by atomic mass is 16.6. The van der Waals surface area contributed by atoms with Gasteiger partial charge in [0.25, 0.3) is 5.91 Å². The van der Waals surface area contributed by atoms with Crippen molar-refractivity contribution in [3.05, 3.63) is 58.9 Å². The van der Waals surface area contributed by atoms with Crippen molar-refractivity contribution in [3.8, 4) is 0 Å². The van der Waals surface area contributed by atoms with E-state index in [-0.39, 0.29) is 29.2 Å². The lowest BCUT2D eigenvalue weighted by atomic mass is 9.84. The predicted octanol–water partition coefficient (Wildman–Crippen LogP) is 2.06. The van der Waals surface area contributed by atoms with Crippen molar-refractivity contribution in [2.45, 2.75) is 64.6 Å². The summed E-state index contributed by atoms with van der Waals surface area (Å²) in [4.78, 5) is 50.1. The van der Waals surface area contributed by atoms with Crippen molar-refractivity contribution >= 4 is 23.6 Å². The van der Waals surface area contributed by atoms with E-state index in [0.29, 0.717) is 5.57 Å². The van der Waals surface area contributed by atoms with E-state index in [9.17, 15) is 24.3 Å². The number of rotatable bonds is 4. The molecule has 4 N–H and O–H groups in total. The summed E-state index contributed by atoms with van der Waals surface area (Å²) in [5.41, 5.74) is 5.86. The van der Waals surface area contributed by atoms with Crippen LogP contribution in [-0.4, -0.2) is 80.5 Å². The number of ether oxygens (including phenoxy) is 4. The molecule has 11 nitrogen and oxygen atoms in total. The molecular weight excluding hydrogens is 520 g/mol. The lowest BCUT2D eigenvalue weighted by molar-refractivity contribution is -0.120. The summed E-state index contributed by atoms with van der Waals surface area (Å²) in [6, 6.07) is 0. The molecule has 0 unspecified atom stereocenters. The number of nitrogens with one attached hydrogen (secondary N) is 1. The van der Waals surface area contributed by atoms with Crippen LogP contribution in [0.1, 0.15) is 34.1 Å². The lowest BCUT2D eigenvalue weighted by Crippen LogP contribution is -2.40. The molecular formula is C29H40N2O9. The first kappa shape index (κ1) is 32.8. The topological polar surface area (TPSA) is 163 Å². The van der Waals surface area contributed by atoms with Gasteiger partial charge in [0, 0.05) is 44.5 Å². The molecule has 0 aromatic rings. The Labute approximate surface area is 234 Å². The van der Waals surface area contributed by atoms with Gasteiger partial charge >= 0.3 is 6.09 Å². The summed E-state index contributed by atoms with van der Waals surface area (Å²) in [6.07, 6.45) is 3.89. The van der Waals surface area contributed by atoms with Crippen molar-refractivity contribution < 1.29 is 43.2 Å². The fourth-order valence-corrected chi connectivity index (χ4v) is 4.87. The number of nitrogens with two attached hydrogens (primary N) is 1. The molecule has 2 rings (SSSR count). The average Bonchev–Trinajstić information content (AvgIpc) is 2.90. The largest absolute Gasteiger partial charge is 0.439 e. The molecule has 2 aliphatic rings. The number of primary amides is 1. The van der Waals surface area contributed by atoms with Crippen LogP contribution >= 0.6 is 0 Å². The van der Waals surface area contributed by atoms with Crippen LogP contribution in [0.2, 0.25) is 0 Å². The predicted molar refractivity (Wildman–Crippen MR) is 147 cm³/mol. The van der Waals surface area contributed by atoms with Gasteiger partial charge in [0.05, 0.1) is 24.0 Å². The van der Waals surface area contributed by atoms with Crippen molar-refractivity contribution in [2.75, 3.05) is 21.3 Å². The maximum absolute atomic E-state index is 13.2. The molecule has 1 heterocycles. The van der Waals surface area contributed by atoms with Crippen molar-refractivity contribution in [1.29, 1.82) is 0 Å². The van der Waals surface area contributed by atoms with E-state index >= 15 is 0 Å². The van der Waals surface area contributed by atoms with Crippen molar-refractivity contribution in [2.24, 2.45) is 17.6 Å². The molecule has 0 spiro atoms. The summed E-state index contributed by atoms with van der Waals surface area (Å²) in [6.45, 7) is 6.92. The van der Waals surface area contributed by atoms with Crippen LogP contribution in [0.15, 0.2) is 58.9 Å². The van der Waals surface area contributed by atoms with Crippen LogP contribution in [0.3, 0.4) is 0 Å². The molecule has 1 aliphatic heterocycles. The van der Waals surface area contributed by atoms with Gasteiger partial charge in [0.1, 0.15) is 6.10 Å². The Kier molecular flexibility index (Phi) is 12.2. The quantitative estimate of drug-likeness (QED) is 0.345. The molecule has 2 bridgehead atoms. The first-order valence-electron chi connectivity index (χ1n) is 12.9. The number of carbonyl (C=O) groups excluding carboxylic acids is 4. The number of allylic oxidation sites excluding steroid dienone is 5. The van der Waals surface area contributed by atoms with E-state index < -0.39 is 60.0 Å². The van der Waals surface area contributed by atoms with E-state index in [0.717, 1.165) is 12.2 Å². The number of aliphatic hydroxyl groups excluding tert-OH is 1. The van der Waals surface area contributed by atoms with Crippen LogP contribution in [-0.2, 0) is 33.3 Å². The first-order chi connectivity index (χ1) is 18.8. The zero-order chi connectivity index (χ0) is 30.1. The summed E-state index contributed by atoms with van der Waals surface area (Å²) < 4.78 is 22.5. The van der Waals surface area contributed by atoms with Gasteiger partial charge in [0.2, 0.25) is 5.78 Å². The molecule has 40 heavy (non-hydrogen) atoms. The second-order valence-electron chi connectivity index (χ2n) is 10.0. The molecule has 0 saturated carbocycles. The Morgan fingerprint density at radius 2 is 1.73 bits per heavy atom. The minimum Gasteiger partial charge on any atom is -0.439 e. The number of ketones is 2. The van der Waals surface area contributed by atoms with Crippen LogP contribution in [0.5, 0.6) is 0 Å². The van der Waals surface area contributed by atoms with E-state index in [4.69, 9.17) is 24.7 Å². The zero-order valence-electron chi connectivity index (χ0n) is 24.0.